The Labute approximate surface area is 136 Å². The van der Waals surface area contributed by atoms with Crippen molar-refractivity contribution in [2.45, 2.75) is 13.0 Å². The van der Waals surface area contributed by atoms with Crippen LogP contribution in [0.25, 0.3) is 0 Å². The Hall–Kier alpha value is -1.43. The zero-order valence-electron chi connectivity index (χ0n) is 11.4. The van der Waals surface area contributed by atoms with Gasteiger partial charge in [-0.2, -0.15) is 0 Å². The molecule has 0 aliphatic heterocycles. The van der Waals surface area contributed by atoms with Crippen LogP contribution in [0.3, 0.4) is 0 Å². The Kier molecular flexibility index (Phi) is 4.98. The van der Waals surface area contributed by atoms with Gasteiger partial charge in [0.25, 0.3) is 0 Å². The lowest BCUT2D eigenvalue weighted by Crippen LogP contribution is -2.12. The molecule has 0 saturated heterocycles. The third-order valence-electron chi connectivity index (χ3n) is 2.90. The maximum Gasteiger partial charge on any atom is 0.340 e. The molecule has 0 aliphatic carbocycles. The normalized spacial score (nSPS) is 12.0. The van der Waals surface area contributed by atoms with E-state index < -0.39 is 5.97 Å². The first kappa shape index (κ1) is 15.9. The first-order valence-corrected chi connectivity index (χ1v) is 7.68. The number of carbonyl (C=O) groups excluding carboxylic acids is 1. The van der Waals surface area contributed by atoms with Crippen molar-refractivity contribution in [3.63, 3.8) is 0 Å². The predicted octanol–water partition coefficient (Wildman–Crippen LogP) is 4.60. The largest absolute Gasteiger partial charge is 0.465 e. The van der Waals surface area contributed by atoms with Crippen molar-refractivity contribution in [3.05, 3.63) is 44.1 Å². The number of halogens is 2. The average Bonchev–Trinajstić information content (AvgIpc) is 2.87. The van der Waals surface area contributed by atoms with Crippen LogP contribution in [-0.4, -0.2) is 13.1 Å². The van der Waals surface area contributed by atoms with E-state index in [0.717, 1.165) is 4.88 Å². The van der Waals surface area contributed by atoms with Crippen molar-refractivity contribution in [3.8, 4) is 0 Å². The topological polar surface area (TPSA) is 64.3 Å². The van der Waals surface area contributed by atoms with Crippen LogP contribution in [0, 0.1) is 0 Å². The fourth-order valence-corrected chi connectivity index (χ4v) is 3.24. The molecule has 4 nitrogen and oxygen atoms in total. The molecular formula is C14H14Cl2N2O2S. The fourth-order valence-electron chi connectivity index (χ4n) is 1.89. The molecule has 2 rings (SSSR count). The fraction of sp³-hybridized carbons (Fsp3) is 0.214. The van der Waals surface area contributed by atoms with Gasteiger partial charge in [-0.3, -0.25) is 0 Å². The van der Waals surface area contributed by atoms with Gasteiger partial charge in [-0.1, -0.05) is 23.2 Å². The summed E-state index contributed by atoms with van der Waals surface area (Å²) >= 11 is 13.6. The highest BCUT2D eigenvalue weighted by Crippen LogP contribution is 2.34. The van der Waals surface area contributed by atoms with Crippen molar-refractivity contribution < 1.29 is 9.53 Å². The van der Waals surface area contributed by atoms with E-state index in [1.807, 2.05) is 19.1 Å². The number of carbonyl (C=O) groups is 1. The second-order valence-corrected chi connectivity index (χ2v) is 6.58. The molecule has 21 heavy (non-hydrogen) atoms. The molecule has 1 unspecified atom stereocenters. The lowest BCUT2D eigenvalue weighted by Gasteiger charge is -2.18. The maximum atomic E-state index is 11.9. The summed E-state index contributed by atoms with van der Waals surface area (Å²) in [7, 11) is 1.31. The second kappa shape index (κ2) is 6.56. The molecule has 1 atom stereocenters. The van der Waals surface area contributed by atoms with Gasteiger partial charge in [-0.15, -0.1) is 11.3 Å². The lowest BCUT2D eigenvalue weighted by molar-refractivity contribution is 0.0602. The molecule has 0 bridgehead atoms. The summed E-state index contributed by atoms with van der Waals surface area (Å²) in [4.78, 5) is 12.9. The third kappa shape index (κ3) is 3.61. The molecule has 0 spiro atoms. The molecule has 0 fully saturated rings. The maximum absolute atomic E-state index is 11.9. The summed E-state index contributed by atoms with van der Waals surface area (Å²) in [6.07, 6.45) is 0. The first-order valence-electron chi connectivity index (χ1n) is 6.11. The van der Waals surface area contributed by atoms with Crippen molar-refractivity contribution in [1.29, 1.82) is 0 Å². The molecule has 112 valence electrons. The molecule has 0 saturated carbocycles. The van der Waals surface area contributed by atoms with Crippen LogP contribution >= 0.6 is 34.5 Å². The van der Waals surface area contributed by atoms with Gasteiger partial charge >= 0.3 is 5.97 Å². The molecule has 0 radical (unpaired) electrons. The summed E-state index contributed by atoms with van der Waals surface area (Å²) in [6, 6.07) is 6.81. The molecule has 3 N–H and O–H groups in total. The Balaban J connectivity index is 2.36. The Morgan fingerprint density at radius 1 is 1.38 bits per heavy atom. The van der Waals surface area contributed by atoms with Gasteiger partial charge < -0.3 is 15.8 Å². The van der Waals surface area contributed by atoms with Crippen LogP contribution in [0.1, 0.15) is 28.2 Å². The summed E-state index contributed by atoms with van der Waals surface area (Å²) in [5, 5.41) is 3.58. The van der Waals surface area contributed by atoms with E-state index >= 15 is 0 Å². The van der Waals surface area contributed by atoms with Gasteiger partial charge in [-0.25, -0.2) is 4.79 Å². The monoisotopic (exact) mass is 344 g/mol. The van der Waals surface area contributed by atoms with Crippen molar-refractivity contribution in [2.75, 3.05) is 18.2 Å². The smallest absolute Gasteiger partial charge is 0.340 e. The summed E-state index contributed by atoms with van der Waals surface area (Å²) in [5.41, 5.74) is 6.93. The zero-order valence-corrected chi connectivity index (χ0v) is 13.8. The highest BCUT2D eigenvalue weighted by atomic mass is 35.5. The van der Waals surface area contributed by atoms with Crippen LogP contribution in [0.5, 0.6) is 0 Å². The van der Waals surface area contributed by atoms with Crippen molar-refractivity contribution in [1.82, 2.24) is 0 Å². The van der Waals surface area contributed by atoms with E-state index in [4.69, 9.17) is 33.7 Å². The minimum absolute atomic E-state index is 0.0629. The van der Waals surface area contributed by atoms with E-state index in [-0.39, 0.29) is 6.04 Å². The number of ether oxygens (including phenoxy) is 1. The zero-order chi connectivity index (χ0) is 15.6. The molecule has 1 aromatic carbocycles. The van der Waals surface area contributed by atoms with Gasteiger partial charge in [0.2, 0.25) is 0 Å². The van der Waals surface area contributed by atoms with Gasteiger partial charge in [0.15, 0.2) is 0 Å². The molecule has 0 amide bonds. The van der Waals surface area contributed by atoms with Gasteiger partial charge in [-0.05, 0) is 31.2 Å². The molecule has 1 aromatic heterocycles. The van der Waals surface area contributed by atoms with E-state index in [9.17, 15) is 4.79 Å². The summed E-state index contributed by atoms with van der Waals surface area (Å²) in [6.45, 7) is 1.95. The van der Waals surface area contributed by atoms with Crippen LogP contribution in [0.15, 0.2) is 24.3 Å². The molecule has 2 aromatic rings. The number of nitrogens with one attached hydrogen (secondary N) is 1. The standard InChI is InChI=1S/C14H14Cl2N2O2S/c1-7(11-3-4-12(16)21-11)18-13-9(14(19)20-2)5-8(17)6-10(13)15/h3-7,18H,17H2,1-2H3. The minimum atomic E-state index is -0.497. The van der Waals surface area contributed by atoms with Gasteiger partial charge in [0, 0.05) is 10.6 Å². The second-order valence-electron chi connectivity index (χ2n) is 4.42. The number of esters is 1. The third-order valence-corrected chi connectivity index (χ3v) is 4.61. The van der Waals surface area contributed by atoms with Crippen LogP contribution in [0.2, 0.25) is 9.36 Å². The number of benzene rings is 1. The van der Waals surface area contributed by atoms with Crippen molar-refractivity contribution in [2.24, 2.45) is 0 Å². The van der Waals surface area contributed by atoms with Crippen LogP contribution in [-0.2, 0) is 4.74 Å². The van der Waals surface area contributed by atoms with E-state index in [1.54, 1.807) is 6.07 Å². The average molecular weight is 345 g/mol. The number of anilines is 2. The van der Waals surface area contributed by atoms with Gasteiger partial charge in [0.1, 0.15) is 0 Å². The number of methoxy groups -OCH3 is 1. The number of nitrogens with two attached hydrogens (primary N) is 1. The van der Waals surface area contributed by atoms with Gasteiger partial charge in [0.05, 0.1) is 33.8 Å². The minimum Gasteiger partial charge on any atom is -0.465 e. The van der Waals surface area contributed by atoms with Crippen LogP contribution in [0.4, 0.5) is 11.4 Å². The van der Waals surface area contributed by atoms with E-state index in [0.29, 0.717) is 26.3 Å². The van der Waals surface area contributed by atoms with Crippen molar-refractivity contribution >= 4 is 51.9 Å². The number of hydrogen-bond donors (Lipinski definition) is 2. The van der Waals surface area contributed by atoms with E-state index in [1.165, 1.54) is 24.5 Å². The first-order chi connectivity index (χ1) is 9.92. The number of nitrogen functional groups attached to an aromatic ring is 1. The number of rotatable bonds is 4. The Morgan fingerprint density at radius 2 is 2.10 bits per heavy atom. The Morgan fingerprint density at radius 3 is 2.67 bits per heavy atom. The number of thiophene rings is 1. The highest BCUT2D eigenvalue weighted by Gasteiger charge is 2.19. The SMILES string of the molecule is COC(=O)c1cc(N)cc(Cl)c1NC(C)c1ccc(Cl)s1. The van der Waals surface area contributed by atoms with E-state index in [2.05, 4.69) is 5.32 Å². The molecule has 7 heteroatoms. The molecule has 1 heterocycles. The molecular weight excluding hydrogens is 331 g/mol. The summed E-state index contributed by atoms with van der Waals surface area (Å²) < 4.78 is 5.47. The lowest BCUT2D eigenvalue weighted by atomic mass is 10.1. The Bertz CT molecular complexity index is 673. The predicted molar refractivity (Wildman–Crippen MR) is 88.6 cm³/mol. The summed E-state index contributed by atoms with van der Waals surface area (Å²) in [5.74, 6) is -0.497. The number of hydrogen-bond acceptors (Lipinski definition) is 5. The van der Waals surface area contributed by atoms with Crippen LogP contribution < -0.4 is 11.1 Å². The quantitative estimate of drug-likeness (QED) is 0.628. The molecule has 0 aliphatic rings. The highest BCUT2D eigenvalue weighted by molar-refractivity contribution is 7.16.